The average Bonchev–Trinajstić information content (AvgIpc) is 2.87. The summed E-state index contributed by atoms with van der Waals surface area (Å²) in [6.45, 7) is 5.47. The lowest BCUT2D eigenvalue weighted by atomic mass is 10.1. The number of hydrogen-bond acceptors (Lipinski definition) is 6. The van der Waals surface area contributed by atoms with Gasteiger partial charge in [0.1, 0.15) is 12.3 Å². The molecule has 0 saturated carbocycles. The maximum atomic E-state index is 12.3. The van der Waals surface area contributed by atoms with Crippen molar-refractivity contribution in [3.63, 3.8) is 0 Å². The Balaban J connectivity index is 1.98. The maximum Gasteiger partial charge on any atom is 0.326 e. The molecule has 1 heterocycles. The molecule has 0 amide bonds. The first-order valence-corrected chi connectivity index (χ1v) is 8.41. The van der Waals surface area contributed by atoms with Crippen molar-refractivity contribution in [2.45, 2.75) is 33.4 Å². The minimum absolute atomic E-state index is 0.199. The van der Waals surface area contributed by atoms with Gasteiger partial charge in [-0.05, 0) is 45.0 Å². The Morgan fingerprint density at radius 3 is 2.46 bits per heavy atom. The van der Waals surface area contributed by atoms with Crippen molar-refractivity contribution in [3.8, 4) is 5.75 Å². The molecular weight excluding hydrogens is 330 g/mol. The Morgan fingerprint density at radius 2 is 1.92 bits per heavy atom. The predicted molar refractivity (Wildman–Crippen MR) is 90.8 cm³/mol. The summed E-state index contributed by atoms with van der Waals surface area (Å²) in [5.41, 5.74) is 1.12. The smallest absolute Gasteiger partial charge is 0.326 e. The van der Waals surface area contributed by atoms with Gasteiger partial charge in [0.2, 0.25) is 5.78 Å². The molecule has 0 aliphatic rings. The lowest BCUT2D eigenvalue weighted by Crippen LogP contribution is -2.29. The van der Waals surface area contributed by atoms with Crippen molar-refractivity contribution in [3.05, 3.63) is 50.6 Å². The molecule has 0 radical (unpaired) electrons. The van der Waals surface area contributed by atoms with Crippen molar-refractivity contribution in [1.82, 2.24) is 4.57 Å². The van der Waals surface area contributed by atoms with Gasteiger partial charge in [-0.3, -0.25) is 19.0 Å². The first kappa shape index (κ1) is 17.9. The van der Waals surface area contributed by atoms with Gasteiger partial charge in [0.05, 0.1) is 6.61 Å². The topological polar surface area (TPSA) is 74.6 Å². The second kappa shape index (κ2) is 7.92. The molecule has 0 aliphatic heterocycles. The Labute approximate surface area is 143 Å². The summed E-state index contributed by atoms with van der Waals surface area (Å²) >= 11 is 1.02. The van der Waals surface area contributed by atoms with Crippen LogP contribution in [0.5, 0.6) is 5.75 Å². The molecule has 0 saturated heterocycles. The molecule has 6 nitrogen and oxygen atoms in total. The van der Waals surface area contributed by atoms with Crippen molar-refractivity contribution in [2.24, 2.45) is 0 Å². The first-order valence-electron chi connectivity index (χ1n) is 7.53. The van der Waals surface area contributed by atoms with E-state index in [1.165, 1.54) is 11.5 Å². The third-order valence-corrected chi connectivity index (χ3v) is 4.27. The fourth-order valence-corrected chi connectivity index (χ4v) is 2.86. The Hall–Kier alpha value is -2.41. The first-order chi connectivity index (χ1) is 11.4. The van der Waals surface area contributed by atoms with Crippen LogP contribution in [0.1, 0.15) is 29.9 Å². The molecule has 2 aromatic rings. The number of rotatable bonds is 7. The molecule has 1 aromatic carbocycles. The molecule has 0 bridgehead atoms. The normalized spacial score (nSPS) is 11.8. The zero-order valence-corrected chi connectivity index (χ0v) is 14.6. The van der Waals surface area contributed by atoms with Gasteiger partial charge in [-0.15, -0.1) is 0 Å². The molecule has 1 atom stereocenters. The van der Waals surface area contributed by atoms with E-state index in [1.54, 1.807) is 36.6 Å². The number of aryl methyl sites for hydroxylation is 1. The van der Waals surface area contributed by atoms with E-state index in [0.717, 1.165) is 11.3 Å². The fourth-order valence-electron chi connectivity index (χ4n) is 2.13. The minimum atomic E-state index is -0.926. The van der Waals surface area contributed by atoms with E-state index in [0.29, 0.717) is 23.6 Å². The van der Waals surface area contributed by atoms with E-state index in [-0.39, 0.29) is 17.2 Å². The molecule has 2 rings (SSSR count). The van der Waals surface area contributed by atoms with Crippen molar-refractivity contribution in [2.75, 3.05) is 6.61 Å². The van der Waals surface area contributed by atoms with Crippen LogP contribution in [0.3, 0.4) is 0 Å². The number of carbonyl (C=O) groups excluding carboxylic acids is 2. The van der Waals surface area contributed by atoms with Gasteiger partial charge in [-0.2, -0.15) is 0 Å². The highest BCUT2D eigenvalue weighted by Crippen LogP contribution is 2.14. The summed E-state index contributed by atoms with van der Waals surface area (Å²) in [4.78, 5) is 35.6. The lowest BCUT2D eigenvalue weighted by Gasteiger charge is -2.13. The number of benzene rings is 1. The zero-order chi connectivity index (χ0) is 17.7. The number of carbonyl (C=O) groups is 2. The van der Waals surface area contributed by atoms with Crippen LogP contribution >= 0.6 is 11.3 Å². The monoisotopic (exact) mass is 349 g/mol. The summed E-state index contributed by atoms with van der Waals surface area (Å²) in [6, 6.07) is 6.65. The average molecular weight is 349 g/mol. The van der Waals surface area contributed by atoms with Crippen LogP contribution in [-0.2, 0) is 16.1 Å². The predicted octanol–water partition coefficient (Wildman–Crippen LogP) is 2.43. The van der Waals surface area contributed by atoms with Gasteiger partial charge in [0.15, 0.2) is 6.10 Å². The summed E-state index contributed by atoms with van der Waals surface area (Å²) in [7, 11) is 0. The molecule has 0 fully saturated rings. The highest BCUT2D eigenvalue weighted by Gasteiger charge is 2.20. The van der Waals surface area contributed by atoms with E-state index < -0.39 is 12.1 Å². The molecule has 128 valence electrons. The van der Waals surface area contributed by atoms with Gasteiger partial charge in [-0.25, -0.2) is 0 Å². The molecule has 0 spiro atoms. The highest BCUT2D eigenvalue weighted by molar-refractivity contribution is 7.07. The van der Waals surface area contributed by atoms with Gasteiger partial charge in [-0.1, -0.05) is 11.3 Å². The number of ether oxygens (including phenoxy) is 2. The minimum Gasteiger partial charge on any atom is -0.494 e. The Bertz CT molecular complexity index is 775. The van der Waals surface area contributed by atoms with Crippen LogP contribution < -0.4 is 9.61 Å². The van der Waals surface area contributed by atoms with Gasteiger partial charge in [0, 0.05) is 16.6 Å². The van der Waals surface area contributed by atoms with E-state index in [4.69, 9.17) is 9.47 Å². The fraction of sp³-hybridized carbons (Fsp3) is 0.353. The number of ketones is 1. The number of esters is 1. The van der Waals surface area contributed by atoms with Crippen molar-refractivity contribution >= 4 is 23.1 Å². The molecule has 24 heavy (non-hydrogen) atoms. The number of Topliss-reactive ketones (excluding diaryl/α,β-unsaturated/α-hetero) is 1. The maximum absolute atomic E-state index is 12.3. The van der Waals surface area contributed by atoms with Crippen LogP contribution in [0.2, 0.25) is 0 Å². The number of thiazole rings is 1. The molecule has 0 N–H and O–H groups in total. The van der Waals surface area contributed by atoms with E-state index >= 15 is 0 Å². The standard InChI is InChI=1S/C17H19NO5S/c1-4-22-14-7-5-13(6-8-14)16(20)12(3)23-15(19)9-18-11(2)10-24-17(18)21/h5-8,10,12H,4,9H2,1-3H3/t12-/m0/s1. The van der Waals surface area contributed by atoms with Gasteiger partial charge < -0.3 is 9.47 Å². The van der Waals surface area contributed by atoms with Gasteiger partial charge in [0.25, 0.3) is 0 Å². The highest BCUT2D eigenvalue weighted by atomic mass is 32.1. The number of aromatic nitrogens is 1. The zero-order valence-electron chi connectivity index (χ0n) is 13.8. The summed E-state index contributed by atoms with van der Waals surface area (Å²) < 4.78 is 11.8. The molecule has 0 unspecified atom stereocenters. The van der Waals surface area contributed by atoms with E-state index in [9.17, 15) is 14.4 Å². The van der Waals surface area contributed by atoms with Gasteiger partial charge >= 0.3 is 10.8 Å². The number of hydrogen-bond donors (Lipinski definition) is 0. The molecular formula is C17H19NO5S. The summed E-state index contributed by atoms with van der Waals surface area (Å²) in [5.74, 6) is -0.253. The van der Waals surface area contributed by atoms with Crippen LogP contribution in [0.25, 0.3) is 0 Å². The summed E-state index contributed by atoms with van der Waals surface area (Å²) in [6.07, 6.45) is -0.926. The Kier molecular flexibility index (Phi) is 5.92. The van der Waals surface area contributed by atoms with E-state index in [1.807, 2.05) is 6.92 Å². The SMILES string of the molecule is CCOc1ccc(C(=O)[C@H](C)OC(=O)Cn2c(C)csc2=O)cc1. The second-order valence-corrected chi connectivity index (χ2v) is 6.00. The quantitative estimate of drug-likeness (QED) is 0.567. The third-order valence-electron chi connectivity index (χ3n) is 3.39. The van der Waals surface area contributed by atoms with Crippen molar-refractivity contribution < 1.29 is 19.1 Å². The molecule has 7 heteroatoms. The summed E-state index contributed by atoms with van der Waals surface area (Å²) in [5, 5.41) is 1.67. The Morgan fingerprint density at radius 1 is 1.25 bits per heavy atom. The van der Waals surface area contributed by atoms with Crippen LogP contribution in [0.4, 0.5) is 0 Å². The second-order valence-electron chi connectivity index (χ2n) is 5.18. The van der Waals surface area contributed by atoms with Crippen LogP contribution in [0.15, 0.2) is 34.4 Å². The lowest BCUT2D eigenvalue weighted by molar-refractivity contribution is -0.147. The number of nitrogens with zero attached hydrogens (tertiary/aromatic N) is 1. The van der Waals surface area contributed by atoms with Crippen LogP contribution in [0, 0.1) is 6.92 Å². The largest absolute Gasteiger partial charge is 0.494 e. The molecule has 1 aromatic heterocycles. The van der Waals surface area contributed by atoms with E-state index in [2.05, 4.69) is 0 Å². The van der Waals surface area contributed by atoms with Crippen LogP contribution in [-0.4, -0.2) is 29.0 Å². The molecule has 0 aliphatic carbocycles. The third kappa shape index (κ3) is 4.32. The van der Waals surface area contributed by atoms with Crippen molar-refractivity contribution in [1.29, 1.82) is 0 Å².